The zero-order chi connectivity index (χ0) is 21.2. The van der Waals surface area contributed by atoms with Gasteiger partial charge in [-0.25, -0.2) is 8.42 Å². The molecule has 29 heavy (non-hydrogen) atoms. The number of nitrogens with zero attached hydrogens (tertiary/aromatic N) is 3. The lowest BCUT2D eigenvalue weighted by Gasteiger charge is -2.29. The summed E-state index contributed by atoms with van der Waals surface area (Å²) in [6.45, 7) is 3.88. The third-order valence-corrected chi connectivity index (χ3v) is 7.26. The summed E-state index contributed by atoms with van der Waals surface area (Å²) in [6.07, 6.45) is 3.87. The van der Waals surface area contributed by atoms with Crippen molar-refractivity contribution in [3.05, 3.63) is 48.3 Å². The second kappa shape index (κ2) is 8.59. The number of aryl methyl sites for hydroxylation is 1. The highest BCUT2D eigenvalue weighted by Gasteiger charge is 2.36. The van der Waals surface area contributed by atoms with Gasteiger partial charge in [-0.2, -0.15) is 4.31 Å². The van der Waals surface area contributed by atoms with E-state index >= 15 is 0 Å². The van der Waals surface area contributed by atoms with Crippen LogP contribution in [0.15, 0.2) is 47.5 Å². The van der Waals surface area contributed by atoms with Crippen LogP contribution in [0.1, 0.15) is 32.4 Å². The van der Waals surface area contributed by atoms with Gasteiger partial charge in [0.15, 0.2) is 0 Å². The molecule has 158 valence electrons. The van der Waals surface area contributed by atoms with Crippen LogP contribution in [0, 0.1) is 0 Å². The monoisotopic (exact) mass is 419 g/mol. The van der Waals surface area contributed by atoms with Crippen molar-refractivity contribution < 1.29 is 17.9 Å². The smallest absolute Gasteiger partial charge is 0.243 e. The third-order valence-electron chi connectivity index (χ3n) is 5.22. The largest absolute Gasteiger partial charge is 0.497 e. The molecule has 0 radical (unpaired) electrons. The molecule has 1 saturated carbocycles. The molecular weight excluding hydrogens is 390 g/mol. The Morgan fingerprint density at radius 2 is 1.86 bits per heavy atom. The second-order valence-electron chi connectivity index (χ2n) is 7.68. The third kappa shape index (κ3) is 4.82. The molecule has 7 nitrogen and oxygen atoms in total. The number of ether oxygens (including phenoxy) is 1. The zero-order valence-electron chi connectivity index (χ0n) is 17.4. The van der Waals surface area contributed by atoms with E-state index in [0.717, 1.165) is 18.5 Å². The van der Waals surface area contributed by atoms with E-state index < -0.39 is 10.0 Å². The SMILES string of the molecule is COc1ccc(S(=O)(=O)N(CC(=O)N(Cc2cccn2C)C2CC2)C(C)C)cc1. The Morgan fingerprint density at radius 1 is 1.21 bits per heavy atom. The summed E-state index contributed by atoms with van der Waals surface area (Å²) in [6, 6.07) is 10.0. The van der Waals surface area contributed by atoms with Crippen molar-refractivity contribution in [3.63, 3.8) is 0 Å². The lowest BCUT2D eigenvalue weighted by molar-refractivity contribution is -0.133. The number of hydrogen-bond donors (Lipinski definition) is 0. The van der Waals surface area contributed by atoms with E-state index in [1.165, 1.54) is 23.5 Å². The molecule has 0 aliphatic heterocycles. The number of methoxy groups -OCH3 is 1. The molecule has 0 saturated heterocycles. The van der Waals surface area contributed by atoms with Crippen LogP contribution in [0.2, 0.25) is 0 Å². The maximum absolute atomic E-state index is 13.2. The van der Waals surface area contributed by atoms with Gasteiger partial charge in [0.1, 0.15) is 5.75 Å². The fourth-order valence-electron chi connectivity index (χ4n) is 3.29. The van der Waals surface area contributed by atoms with E-state index in [1.807, 2.05) is 34.8 Å². The van der Waals surface area contributed by atoms with Gasteiger partial charge < -0.3 is 14.2 Å². The Hall–Kier alpha value is -2.32. The first-order valence-electron chi connectivity index (χ1n) is 9.79. The summed E-state index contributed by atoms with van der Waals surface area (Å²) in [7, 11) is -0.331. The van der Waals surface area contributed by atoms with Crippen molar-refractivity contribution in [3.8, 4) is 5.75 Å². The molecule has 8 heteroatoms. The van der Waals surface area contributed by atoms with Crippen molar-refractivity contribution in [2.24, 2.45) is 7.05 Å². The van der Waals surface area contributed by atoms with Gasteiger partial charge in [-0.1, -0.05) is 0 Å². The Morgan fingerprint density at radius 3 is 2.34 bits per heavy atom. The van der Waals surface area contributed by atoms with E-state index in [9.17, 15) is 13.2 Å². The average molecular weight is 420 g/mol. The summed E-state index contributed by atoms with van der Waals surface area (Å²) in [5.41, 5.74) is 1.03. The van der Waals surface area contributed by atoms with Crippen LogP contribution < -0.4 is 4.74 Å². The van der Waals surface area contributed by atoms with Gasteiger partial charge in [0, 0.05) is 31.0 Å². The number of aromatic nitrogens is 1. The van der Waals surface area contributed by atoms with Crippen LogP contribution in [0.4, 0.5) is 0 Å². The molecule has 1 amide bonds. The Bertz CT molecular complexity index is 947. The van der Waals surface area contributed by atoms with Gasteiger partial charge in [0.2, 0.25) is 15.9 Å². The molecule has 0 spiro atoms. The molecule has 0 N–H and O–H groups in total. The first kappa shape index (κ1) is 21.4. The van der Waals surface area contributed by atoms with Crippen molar-refractivity contribution in [2.75, 3.05) is 13.7 Å². The predicted molar refractivity (Wildman–Crippen MR) is 111 cm³/mol. The van der Waals surface area contributed by atoms with Crippen LogP contribution in [0.5, 0.6) is 5.75 Å². The molecule has 1 aromatic heterocycles. The number of carbonyl (C=O) groups excluding carboxylic acids is 1. The number of carbonyl (C=O) groups is 1. The predicted octanol–water partition coefficient (Wildman–Crippen LogP) is 2.62. The second-order valence-corrected chi connectivity index (χ2v) is 9.57. The summed E-state index contributed by atoms with van der Waals surface area (Å²) in [5, 5.41) is 0. The van der Waals surface area contributed by atoms with Gasteiger partial charge in [-0.05, 0) is 63.1 Å². The van der Waals surface area contributed by atoms with Crippen LogP contribution in [0.25, 0.3) is 0 Å². The Kier molecular flexibility index (Phi) is 6.33. The zero-order valence-corrected chi connectivity index (χ0v) is 18.2. The minimum atomic E-state index is -3.80. The van der Waals surface area contributed by atoms with Crippen molar-refractivity contribution in [1.29, 1.82) is 0 Å². The molecule has 0 unspecified atom stereocenters. The van der Waals surface area contributed by atoms with E-state index in [2.05, 4.69) is 0 Å². The molecule has 0 bridgehead atoms. The number of benzene rings is 1. The van der Waals surface area contributed by atoms with Gasteiger partial charge in [-0.15, -0.1) is 0 Å². The lowest BCUT2D eigenvalue weighted by Crippen LogP contribution is -2.46. The lowest BCUT2D eigenvalue weighted by atomic mass is 10.3. The average Bonchev–Trinajstić information content (AvgIpc) is 3.45. The van der Waals surface area contributed by atoms with E-state index in [-0.39, 0.29) is 29.4 Å². The number of hydrogen-bond acceptors (Lipinski definition) is 4. The number of rotatable bonds is 9. The summed E-state index contributed by atoms with van der Waals surface area (Å²) >= 11 is 0. The molecule has 1 aliphatic carbocycles. The molecular formula is C21H29N3O4S. The van der Waals surface area contributed by atoms with Crippen molar-refractivity contribution >= 4 is 15.9 Å². The molecule has 1 aromatic carbocycles. The van der Waals surface area contributed by atoms with Crippen LogP contribution in [0.3, 0.4) is 0 Å². The quantitative estimate of drug-likeness (QED) is 0.626. The first-order valence-corrected chi connectivity index (χ1v) is 11.2. The summed E-state index contributed by atoms with van der Waals surface area (Å²) in [4.78, 5) is 15.1. The minimum Gasteiger partial charge on any atom is -0.497 e. The highest BCUT2D eigenvalue weighted by molar-refractivity contribution is 7.89. The Labute approximate surface area is 172 Å². The first-order chi connectivity index (χ1) is 13.7. The van der Waals surface area contributed by atoms with Gasteiger partial charge >= 0.3 is 0 Å². The fraction of sp³-hybridized carbons (Fsp3) is 0.476. The molecule has 3 rings (SSSR count). The van der Waals surface area contributed by atoms with Crippen LogP contribution in [-0.4, -0.2) is 53.8 Å². The van der Waals surface area contributed by atoms with Gasteiger partial charge in [-0.3, -0.25) is 4.79 Å². The Balaban J connectivity index is 1.81. The highest BCUT2D eigenvalue weighted by Crippen LogP contribution is 2.29. The van der Waals surface area contributed by atoms with Crippen LogP contribution >= 0.6 is 0 Å². The topological polar surface area (TPSA) is 71.8 Å². The molecule has 0 atom stereocenters. The van der Waals surface area contributed by atoms with E-state index in [4.69, 9.17) is 4.74 Å². The normalized spacial score (nSPS) is 14.4. The molecule has 1 fully saturated rings. The van der Waals surface area contributed by atoms with Gasteiger partial charge in [0.25, 0.3) is 0 Å². The van der Waals surface area contributed by atoms with Crippen LogP contribution in [-0.2, 0) is 28.4 Å². The molecule has 2 aromatic rings. The molecule has 1 aliphatic rings. The van der Waals surface area contributed by atoms with Crippen molar-refractivity contribution in [1.82, 2.24) is 13.8 Å². The molecule has 1 heterocycles. The maximum Gasteiger partial charge on any atom is 0.243 e. The van der Waals surface area contributed by atoms with E-state index in [1.54, 1.807) is 26.0 Å². The number of amides is 1. The fourth-order valence-corrected chi connectivity index (χ4v) is 4.88. The number of sulfonamides is 1. The maximum atomic E-state index is 13.2. The standard InChI is InChI=1S/C21H29N3O4S/c1-16(2)24(29(26,27)20-11-9-19(28-4)10-12-20)15-21(25)23(17-7-8-17)14-18-6-5-13-22(18)3/h5-6,9-13,16-17H,7-8,14-15H2,1-4H3. The summed E-state index contributed by atoms with van der Waals surface area (Å²) < 4.78 is 34.8. The van der Waals surface area contributed by atoms with Gasteiger partial charge in [0.05, 0.1) is 25.1 Å². The van der Waals surface area contributed by atoms with Crippen molar-refractivity contribution in [2.45, 2.75) is 50.2 Å². The van der Waals surface area contributed by atoms with E-state index in [0.29, 0.717) is 12.3 Å². The minimum absolute atomic E-state index is 0.153. The highest BCUT2D eigenvalue weighted by atomic mass is 32.2. The summed E-state index contributed by atoms with van der Waals surface area (Å²) in [5.74, 6) is 0.415.